The van der Waals surface area contributed by atoms with Crippen molar-refractivity contribution < 1.29 is 19.1 Å². The van der Waals surface area contributed by atoms with Crippen LogP contribution in [0.2, 0.25) is 0 Å². The van der Waals surface area contributed by atoms with Crippen LogP contribution in [0, 0.1) is 6.92 Å². The van der Waals surface area contributed by atoms with Crippen LogP contribution >= 0.6 is 0 Å². The van der Waals surface area contributed by atoms with E-state index in [2.05, 4.69) is 10.6 Å². The summed E-state index contributed by atoms with van der Waals surface area (Å²) in [6.07, 6.45) is 1.03. The van der Waals surface area contributed by atoms with Crippen LogP contribution in [0.25, 0.3) is 0 Å². The number of nitrogens with zero attached hydrogens (tertiary/aromatic N) is 1. The summed E-state index contributed by atoms with van der Waals surface area (Å²) in [5.41, 5.74) is 1.09. The van der Waals surface area contributed by atoms with E-state index in [4.69, 9.17) is 4.74 Å². The first-order valence-corrected chi connectivity index (χ1v) is 10.1. The number of hydrogen-bond donors (Lipinski definition) is 2. The molecule has 1 aliphatic rings. The molecule has 29 heavy (non-hydrogen) atoms. The van der Waals surface area contributed by atoms with E-state index in [1.165, 1.54) is 0 Å². The standard InChI is InChI=1S/C22H33N3O4/c1-14(2)24-20(27)19(17-10-8-7-9-15(17)3)25(16-11-12-16)18(26)13-23-21(28)29-22(4,5)6/h7-10,14,16,19H,11-13H2,1-6H3,(H,23,28)(H,24,27). The zero-order valence-electron chi connectivity index (χ0n) is 18.2. The average molecular weight is 404 g/mol. The van der Waals surface area contributed by atoms with Gasteiger partial charge in [-0.05, 0) is 65.5 Å². The van der Waals surface area contributed by atoms with E-state index in [1.54, 1.807) is 25.7 Å². The number of hydrogen-bond acceptors (Lipinski definition) is 4. The second-order valence-electron chi connectivity index (χ2n) is 8.81. The Morgan fingerprint density at radius 2 is 1.79 bits per heavy atom. The Kier molecular flexibility index (Phi) is 7.27. The van der Waals surface area contributed by atoms with Crippen molar-refractivity contribution >= 4 is 17.9 Å². The molecule has 2 rings (SSSR count). The zero-order valence-corrected chi connectivity index (χ0v) is 18.2. The first-order chi connectivity index (χ1) is 13.5. The molecule has 1 atom stereocenters. The van der Waals surface area contributed by atoms with Gasteiger partial charge in [-0.25, -0.2) is 4.79 Å². The van der Waals surface area contributed by atoms with Crippen molar-refractivity contribution in [3.8, 4) is 0 Å². The fourth-order valence-corrected chi connectivity index (χ4v) is 3.14. The quantitative estimate of drug-likeness (QED) is 0.732. The predicted molar refractivity (Wildman–Crippen MR) is 111 cm³/mol. The normalized spacial score (nSPS) is 14.9. The van der Waals surface area contributed by atoms with Crippen LogP contribution < -0.4 is 10.6 Å². The number of carbonyl (C=O) groups is 3. The van der Waals surface area contributed by atoms with Crippen molar-refractivity contribution in [1.29, 1.82) is 0 Å². The van der Waals surface area contributed by atoms with Crippen LogP contribution in [-0.2, 0) is 14.3 Å². The van der Waals surface area contributed by atoms with Crippen LogP contribution in [0.3, 0.4) is 0 Å². The highest BCUT2D eigenvalue weighted by Gasteiger charge is 2.41. The van der Waals surface area contributed by atoms with E-state index >= 15 is 0 Å². The molecule has 0 spiro atoms. The topological polar surface area (TPSA) is 87.7 Å². The maximum Gasteiger partial charge on any atom is 0.408 e. The second-order valence-corrected chi connectivity index (χ2v) is 8.81. The zero-order chi connectivity index (χ0) is 21.8. The molecule has 0 bridgehead atoms. The monoisotopic (exact) mass is 403 g/mol. The lowest BCUT2D eigenvalue weighted by Gasteiger charge is -2.33. The summed E-state index contributed by atoms with van der Waals surface area (Å²) in [6, 6.07) is 6.79. The van der Waals surface area contributed by atoms with Gasteiger partial charge in [-0.3, -0.25) is 9.59 Å². The molecule has 1 unspecified atom stereocenters. The highest BCUT2D eigenvalue weighted by molar-refractivity contribution is 5.91. The Morgan fingerprint density at radius 1 is 1.17 bits per heavy atom. The molecule has 160 valence electrons. The highest BCUT2D eigenvalue weighted by Crippen LogP contribution is 2.36. The Balaban J connectivity index is 2.25. The largest absolute Gasteiger partial charge is 0.444 e. The molecule has 0 heterocycles. The fourth-order valence-electron chi connectivity index (χ4n) is 3.14. The van der Waals surface area contributed by atoms with Crippen LogP contribution in [-0.4, -0.2) is 47.0 Å². The average Bonchev–Trinajstić information content (AvgIpc) is 3.41. The van der Waals surface area contributed by atoms with Gasteiger partial charge in [0, 0.05) is 12.1 Å². The lowest BCUT2D eigenvalue weighted by Crippen LogP contribution is -2.49. The molecule has 7 nitrogen and oxygen atoms in total. The van der Waals surface area contributed by atoms with Crippen molar-refractivity contribution in [3.05, 3.63) is 35.4 Å². The second kappa shape index (κ2) is 9.29. The molecular formula is C22H33N3O4. The summed E-state index contributed by atoms with van der Waals surface area (Å²) in [5, 5.41) is 5.46. The van der Waals surface area contributed by atoms with Crippen molar-refractivity contribution in [3.63, 3.8) is 0 Å². The summed E-state index contributed by atoms with van der Waals surface area (Å²) in [7, 11) is 0. The summed E-state index contributed by atoms with van der Waals surface area (Å²) in [5.74, 6) is -0.516. The Bertz CT molecular complexity index is 751. The highest BCUT2D eigenvalue weighted by atomic mass is 16.6. The van der Waals surface area contributed by atoms with Gasteiger partial charge in [0.2, 0.25) is 11.8 Å². The van der Waals surface area contributed by atoms with Gasteiger partial charge in [0.15, 0.2) is 0 Å². The number of benzene rings is 1. The minimum Gasteiger partial charge on any atom is -0.444 e. The lowest BCUT2D eigenvalue weighted by atomic mass is 9.98. The molecule has 1 aromatic carbocycles. The van der Waals surface area contributed by atoms with E-state index in [0.717, 1.165) is 24.0 Å². The van der Waals surface area contributed by atoms with Crippen molar-refractivity contribution in [2.24, 2.45) is 0 Å². The molecule has 0 aliphatic heterocycles. The Hall–Kier alpha value is -2.57. The molecule has 0 saturated heterocycles. The molecule has 1 fully saturated rings. The van der Waals surface area contributed by atoms with Gasteiger partial charge in [0.1, 0.15) is 18.2 Å². The van der Waals surface area contributed by atoms with E-state index in [0.29, 0.717) is 0 Å². The van der Waals surface area contributed by atoms with E-state index in [-0.39, 0.29) is 30.4 Å². The minimum absolute atomic E-state index is 0.00884. The van der Waals surface area contributed by atoms with Gasteiger partial charge in [-0.15, -0.1) is 0 Å². The first-order valence-electron chi connectivity index (χ1n) is 10.1. The molecule has 3 amide bonds. The Morgan fingerprint density at radius 3 is 2.31 bits per heavy atom. The maximum atomic E-state index is 13.1. The smallest absolute Gasteiger partial charge is 0.408 e. The molecule has 1 saturated carbocycles. The number of carbonyl (C=O) groups excluding carboxylic acids is 3. The summed E-state index contributed by atoms with van der Waals surface area (Å²) in [4.78, 5) is 39.8. The summed E-state index contributed by atoms with van der Waals surface area (Å²) < 4.78 is 5.21. The molecule has 0 aromatic heterocycles. The van der Waals surface area contributed by atoms with Crippen molar-refractivity contribution in [2.45, 2.75) is 78.1 Å². The fraction of sp³-hybridized carbons (Fsp3) is 0.591. The van der Waals surface area contributed by atoms with Crippen LogP contribution in [0.15, 0.2) is 24.3 Å². The van der Waals surface area contributed by atoms with E-state index < -0.39 is 17.7 Å². The SMILES string of the molecule is Cc1ccccc1C(C(=O)NC(C)C)N(C(=O)CNC(=O)OC(C)(C)C)C1CC1. The number of rotatable bonds is 7. The van der Waals surface area contributed by atoms with Crippen LogP contribution in [0.5, 0.6) is 0 Å². The number of aryl methyl sites for hydroxylation is 1. The van der Waals surface area contributed by atoms with Crippen LogP contribution in [0.4, 0.5) is 4.79 Å². The van der Waals surface area contributed by atoms with E-state index in [9.17, 15) is 14.4 Å². The van der Waals surface area contributed by atoms with Gasteiger partial charge >= 0.3 is 6.09 Å². The third-order valence-corrected chi connectivity index (χ3v) is 4.45. The molecule has 0 radical (unpaired) electrons. The van der Waals surface area contributed by atoms with E-state index in [1.807, 2.05) is 45.0 Å². The molecule has 7 heteroatoms. The first kappa shape index (κ1) is 22.7. The molecule has 1 aromatic rings. The number of amides is 3. The van der Waals surface area contributed by atoms with Gasteiger partial charge in [0.25, 0.3) is 0 Å². The summed E-state index contributed by atoms with van der Waals surface area (Å²) in [6.45, 7) is 10.8. The third kappa shape index (κ3) is 6.76. The maximum absolute atomic E-state index is 13.1. The lowest BCUT2D eigenvalue weighted by molar-refractivity contribution is -0.141. The minimum atomic E-state index is -0.737. The predicted octanol–water partition coefficient (Wildman–Crippen LogP) is 3.08. The Labute approximate surface area is 173 Å². The van der Waals surface area contributed by atoms with Crippen LogP contribution in [0.1, 0.15) is 64.6 Å². The van der Waals surface area contributed by atoms with Gasteiger partial charge in [-0.1, -0.05) is 24.3 Å². The van der Waals surface area contributed by atoms with Gasteiger partial charge in [-0.2, -0.15) is 0 Å². The number of alkyl carbamates (subject to hydrolysis) is 1. The third-order valence-electron chi connectivity index (χ3n) is 4.45. The van der Waals surface area contributed by atoms with Gasteiger partial charge in [0.05, 0.1) is 0 Å². The number of nitrogens with one attached hydrogen (secondary N) is 2. The number of ether oxygens (including phenoxy) is 1. The van der Waals surface area contributed by atoms with Crippen molar-refractivity contribution in [2.75, 3.05) is 6.54 Å². The molecule has 2 N–H and O–H groups in total. The van der Waals surface area contributed by atoms with Gasteiger partial charge < -0.3 is 20.3 Å². The summed E-state index contributed by atoms with van der Waals surface area (Å²) >= 11 is 0. The van der Waals surface area contributed by atoms with Crippen molar-refractivity contribution in [1.82, 2.24) is 15.5 Å². The molecular weight excluding hydrogens is 370 g/mol. The molecule has 1 aliphatic carbocycles.